The van der Waals surface area contributed by atoms with Crippen LogP contribution in [0.4, 0.5) is 5.82 Å². The van der Waals surface area contributed by atoms with Gasteiger partial charge in [0.1, 0.15) is 0 Å². The number of rotatable bonds is 4. The lowest BCUT2D eigenvalue weighted by molar-refractivity contribution is 0.117. The molecule has 2 heterocycles. The summed E-state index contributed by atoms with van der Waals surface area (Å²) in [6.07, 6.45) is 4.42. The Hall–Kier alpha value is -0.870. The lowest BCUT2D eigenvalue weighted by atomic mass is 10.1. The molecule has 1 saturated heterocycles. The number of hydrogen-bond acceptors (Lipinski definition) is 4. The van der Waals surface area contributed by atoms with Crippen LogP contribution >= 0.6 is 11.6 Å². The molecule has 1 aliphatic heterocycles. The minimum absolute atomic E-state index is 0.486. The molecule has 1 atom stereocenters. The Morgan fingerprint density at radius 1 is 1.50 bits per heavy atom. The lowest BCUT2D eigenvalue weighted by Gasteiger charge is -2.17. The van der Waals surface area contributed by atoms with E-state index in [4.69, 9.17) is 16.3 Å². The molecule has 88 valence electrons. The Morgan fingerprint density at radius 3 is 3.06 bits per heavy atom. The van der Waals surface area contributed by atoms with Gasteiger partial charge in [0.05, 0.1) is 6.61 Å². The average Bonchev–Trinajstić information content (AvgIpc) is 2.75. The van der Waals surface area contributed by atoms with Crippen LogP contribution in [0, 0.1) is 5.92 Å². The second-order valence-electron chi connectivity index (χ2n) is 3.93. The molecule has 1 fully saturated rings. The molecule has 1 aliphatic rings. The first-order valence-electron chi connectivity index (χ1n) is 5.60. The summed E-state index contributed by atoms with van der Waals surface area (Å²) in [4.78, 5) is 10.5. The molecule has 0 bridgehead atoms. The van der Waals surface area contributed by atoms with Crippen molar-refractivity contribution in [3.8, 4) is 0 Å². The summed E-state index contributed by atoms with van der Waals surface area (Å²) in [5.41, 5.74) is 0. The number of ether oxygens (including phenoxy) is 1. The summed E-state index contributed by atoms with van der Waals surface area (Å²) in [6.45, 7) is 5.56. The molecule has 0 aliphatic carbocycles. The lowest BCUT2D eigenvalue weighted by Crippen LogP contribution is -2.22. The third kappa shape index (κ3) is 2.62. The highest BCUT2D eigenvalue weighted by molar-refractivity contribution is 6.31. The molecule has 0 N–H and O–H groups in total. The molecule has 5 heteroatoms. The molecule has 0 radical (unpaired) electrons. The summed E-state index contributed by atoms with van der Waals surface area (Å²) in [5, 5.41) is 0.486. The zero-order valence-corrected chi connectivity index (χ0v) is 10.2. The van der Waals surface area contributed by atoms with Crippen LogP contribution in [-0.4, -0.2) is 36.3 Å². The van der Waals surface area contributed by atoms with E-state index in [1.807, 2.05) is 6.92 Å². The summed E-state index contributed by atoms with van der Waals surface area (Å²) >= 11 is 6.01. The first-order valence-corrected chi connectivity index (χ1v) is 5.98. The monoisotopic (exact) mass is 241 g/mol. The molecule has 2 rings (SSSR count). The van der Waals surface area contributed by atoms with Crippen LogP contribution in [0.15, 0.2) is 12.4 Å². The SMILES string of the molecule is CCOC[C@@H]1CCN(c2nccnc2Cl)C1. The van der Waals surface area contributed by atoms with Gasteiger partial charge in [0, 0.05) is 38.0 Å². The van der Waals surface area contributed by atoms with Crippen LogP contribution < -0.4 is 4.90 Å². The minimum Gasteiger partial charge on any atom is -0.381 e. The van der Waals surface area contributed by atoms with Gasteiger partial charge in [-0.3, -0.25) is 0 Å². The quantitative estimate of drug-likeness (QED) is 0.808. The molecule has 0 amide bonds. The van der Waals surface area contributed by atoms with Crippen molar-refractivity contribution >= 4 is 17.4 Å². The highest BCUT2D eigenvalue weighted by Gasteiger charge is 2.25. The fourth-order valence-corrected chi connectivity index (χ4v) is 2.20. The van der Waals surface area contributed by atoms with Gasteiger partial charge in [-0.2, -0.15) is 0 Å². The van der Waals surface area contributed by atoms with Gasteiger partial charge in [0.2, 0.25) is 0 Å². The number of hydrogen-bond donors (Lipinski definition) is 0. The van der Waals surface area contributed by atoms with Gasteiger partial charge in [-0.1, -0.05) is 11.6 Å². The first kappa shape index (κ1) is 11.6. The van der Waals surface area contributed by atoms with E-state index >= 15 is 0 Å². The van der Waals surface area contributed by atoms with Crippen LogP contribution in [0.3, 0.4) is 0 Å². The zero-order valence-electron chi connectivity index (χ0n) is 9.40. The van der Waals surface area contributed by atoms with Gasteiger partial charge in [-0.15, -0.1) is 0 Å². The van der Waals surface area contributed by atoms with Crippen molar-refractivity contribution in [3.05, 3.63) is 17.5 Å². The summed E-state index contributed by atoms with van der Waals surface area (Å²) in [7, 11) is 0. The zero-order chi connectivity index (χ0) is 11.4. The Kier molecular flexibility index (Phi) is 3.96. The van der Waals surface area contributed by atoms with Crippen molar-refractivity contribution in [2.45, 2.75) is 13.3 Å². The third-order valence-corrected chi connectivity index (χ3v) is 3.05. The molecule has 0 aromatic carbocycles. The maximum atomic E-state index is 6.01. The first-order chi connectivity index (χ1) is 7.81. The molecule has 1 aromatic heterocycles. The number of nitrogens with zero attached hydrogens (tertiary/aromatic N) is 3. The molecule has 0 saturated carbocycles. The Morgan fingerprint density at radius 2 is 2.31 bits per heavy atom. The maximum Gasteiger partial charge on any atom is 0.171 e. The smallest absolute Gasteiger partial charge is 0.171 e. The predicted molar refractivity (Wildman–Crippen MR) is 63.9 cm³/mol. The van der Waals surface area contributed by atoms with Gasteiger partial charge >= 0.3 is 0 Å². The van der Waals surface area contributed by atoms with E-state index in [-0.39, 0.29) is 0 Å². The minimum atomic E-state index is 0.486. The molecule has 0 spiro atoms. The van der Waals surface area contributed by atoms with E-state index in [9.17, 15) is 0 Å². The fourth-order valence-electron chi connectivity index (χ4n) is 1.97. The van der Waals surface area contributed by atoms with Crippen LogP contribution in [0.2, 0.25) is 5.15 Å². The van der Waals surface area contributed by atoms with Crippen LogP contribution in [0.1, 0.15) is 13.3 Å². The summed E-state index contributed by atoms with van der Waals surface area (Å²) < 4.78 is 5.44. The third-order valence-electron chi connectivity index (χ3n) is 2.78. The van der Waals surface area contributed by atoms with Gasteiger partial charge in [0.15, 0.2) is 11.0 Å². The molecule has 1 aromatic rings. The van der Waals surface area contributed by atoms with E-state index in [1.54, 1.807) is 12.4 Å². The maximum absolute atomic E-state index is 6.01. The number of halogens is 1. The normalized spacial score (nSPS) is 20.4. The van der Waals surface area contributed by atoms with E-state index in [0.29, 0.717) is 11.1 Å². The molecule has 0 unspecified atom stereocenters. The number of anilines is 1. The second kappa shape index (κ2) is 5.46. The van der Waals surface area contributed by atoms with Gasteiger partial charge in [0.25, 0.3) is 0 Å². The van der Waals surface area contributed by atoms with E-state index in [0.717, 1.165) is 38.5 Å². The van der Waals surface area contributed by atoms with E-state index in [1.165, 1.54) is 0 Å². The Balaban J connectivity index is 1.96. The van der Waals surface area contributed by atoms with Gasteiger partial charge < -0.3 is 9.64 Å². The fraction of sp³-hybridized carbons (Fsp3) is 0.636. The Labute approximate surface area is 101 Å². The van der Waals surface area contributed by atoms with Crippen molar-refractivity contribution in [2.75, 3.05) is 31.2 Å². The molecular formula is C11H16ClN3O. The highest BCUT2D eigenvalue weighted by Crippen LogP contribution is 2.26. The van der Waals surface area contributed by atoms with E-state index in [2.05, 4.69) is 14.9 Å². The predicted octanol–water partition coefficient (Wildman–Crippen LogP) is 1.99. The van der Waals surface area contributed by atoms with Crippen molar-refractivity contribution in [3.63, 3.8) is 0 Å². The standard InChI is InChI=1S/C11H16ClN3O/c1-2-16-8-9-3-6-15(7-9)11-10(12)13-4-5-14-11/h4-5,9H,2-3,6-8H2,1H3/t9-/m1/s1. The van der Waals surface area contributed by atoms with Crippen LogP contribution in [-0.2, 0) is 4.74 Å². The van der Waals surface area contributed by atoms with Gasteiger partial charge in [-0.25, -0.2) is 9.97 Å². The topological polar surface area (TPSA) is 38.2 Å². The van der Waals surface area contributed by atoms with E-state index < -0.39 is 0 Å². The number of aromatic nitrogens is 2. The van der Waals surface area contributed by atoms with Crippen molar-refractivity contribution < 1.29 is 4.74 Å². The summed E-state index contributed by atoms with van der Waals surface area (Å²) in [6, 6.07) is 0. The Bertz CT molecular complexity index is 348. The van der Waals surface area contributed by atoms with Crippen molar-refractivity contribution in [1.29, 1.82) is 0 Å². The summed E-state index contributed by atoms with van der Waals surface area (Å²) in [5.74, 6) is 1.38. The molecular weight excluding hydrogens is 226 g/mol. The second-order valence-corrected chi connectivity index (χ2v) is 4.29. The molecule has 16 heavy (non-hydrogen) atoms. The average molecular weight is 242 g/mol. The van der Waals surface area contributed by atoms with Crippen molar-refractivity contribution in [1.82, 2.24) is 9.97 Å². The van der Waals surface area contributed by atoms with Gasteiger partial charge in [-0.05, 0) is 13.3 Å². The van der Waals surface area contributed by atoms with Crippen molar-refractivity contribution in [2.24, 2.45) is 5.92 Å². The van der Waals surface area contributed by atoms with Crippen LogP contribution in [0.5, 0.6) is 0 Å². The van der Waals surface area contributed by atoms with Crippen LogP contribution in [0.25, 0.3) is 0 Å². The highest BCUT2D eigenvalue weighted by atomic mass is 35.5. The molecule has 4 nitrogen and oxygen atoms in total. The largest absolute Gasteiger partial charge is 0.381 e.